The molecule has 0 aliphatic carbocycles. The van der Waals surface area contributed by atoms with E-state index in [0.29, 0.717) is 6.42 Å². The van der Waals surface area contributed by atoms with E-state index in [9.17, 15) is 4.79 Å². The van der Waals surface area contributed by atoms with Gasteiger partial charge >= 0.3 is 0 Å². The summed E-state index contributed by atoms with van der Waals surface area (Å²) in [7, 11) is 0. The molecule has 1 atom stereocenters. The number of aliphatic hydroxyl groups excluding tert-OH is 1. The van der Waals surface area contributed by atoms with Crippen LogP contribution in [0.25, 0.3) is 0 Å². The third-order valence-electron chi connectivity index (χ3n) is 2.64. The second kappa shape index (κ2) is 5.66. The third kappa shape index (κ3) is 3.48. The van der Waals surface area contributed by atoms with Gasteiger partial charge in [0.15, 0.2) is 0 Å². The van der Waals surface area contributed by atoms with Gasteiger partial charge < -0.3 is 5.11 Å². The van der Waals surface area contributed by atoms with E-state index < -0.39 is 0 Å². The van der Waals surface area contributed by atoms with Crippen molar-refractivity contribution in [3.05, 3.63) is 35.9 Å². The molecule has 1 unspecified atom stereocenters. The zero-order valence-corrected chi connectivity index (χ0v) is 9.31. The van der Waals surface area contributed by atoms with Crippen molar-refractivity contribution in [2.45, 2.75) is 20.3 Å². The Morgan fingerprint density at radius 3 is 2.33 bits per heavy atom. The number of hydrogen-bond acceptors (Lipinski definition) is 2. The molecular weight excluding hydrogens is 188 g/mol. The van der Waals surface area contributed by atoms with Gasteiger partial charge in [0, 0.05) is 12.3 Å². The van der Waals surface area contributed by atoms with Gasteiger partial charge in [-0.2, -0.15) is 0 Å². The van der Waals surface area contributed by atoms with Crippen LogP contribution in [0.4, 0.5) is 0 Å². The molecule has 82 valence electrons. The molecule has 0 saturated carbocycles. The van der Waals surface area contributed by atoms with Crippen molar-refractivity contribution in [1.82, 2.24) is 0 Å². The first-order valence-corrected chi connectivity index (χ1v) is 5.32. The first-order chi connectivity index (χ1) is 7.15. The van der Waals surface area contributed by atoms with Crippen molar-refractivity contribution in [1.29, 1.82) is 0 Å². The van der Waals surface area contributed by atoms with Gasteiger partial charge in [-0.15, -0.1) is 0 Å². The van der Waals surface area contributed by atoms with Crippen LogP contribution in [0, 0.1) is 11.8 Å². The summed E-state index contributed by atoms with van der Waals surface area (Å²) < 4.78 is 0. The summed E-state index contributed by atoms with van der Waals surface area (Å²) in [5.41, 5.74) is 1.02. The number of Topliss-reactive ketones (excluding diaryl/α,β-unsaturated/α-hetero) is 1. The summed E-state index contributed by atoms with van der Waals surface area (Å²) in [4.78, 5) is 11.8. The molecule has 0 radical (unpaired) electrons. The summed E-state index contributed by atoms with van der Waals surface area (Å²) in [6.07, 6.45) is 0.421. The van der Waals surface area contributed by atoms with Gasteiger partial charge in [-0.1, -0.05) is 44.2 Å². The second-order valence-corrected chi connectivity index (χ2v) is 4.16. The molecule has 0 heterocycles. The van der Waals surface area contributed by atoms with Crippen molar-refractivity contribution < 1.29 is 9.90 Å². The molecule has 0 aromatic heterocycles. The molecule has 0 fully saturated rings. The number of rotatable bonds is 5. The minimum atomic E-state index is -0.231. The first-order valence-electron chi connectivity index (χ1n) is 5.32. The molecule has 1 N–H and O–H groups in total. The zero-order valence-electron chi connectivity index (χ0n) is 9.31. The Hall–Kier alpha value is -1.15. The summed E-state index contributed by atoms with van der Waals surface area (Å²) in [6, 6.07) is 9.65. The quantitative estimate of drug-likeness (QED) is 0.800. The average molecular weight is 206 g/mol. The van der Waals surface area contributed by atoms with Crippen LogP contribution in [0.3, 0.4) is 0 Å². The predicted octanol–water partition coefficient (Wildman–Crippen LogP) is 2.06. The second-order valence-electron chi connectivity index (χ2n) is 4.16. The molecule has 2 nitrogen and oxygen atoms in total. The Labute approximate surface area is 90.9 Å². The molecule has 1 aromatic rings. The van der Waals surface area contributed by atoms with Gasteiger partial charge in [0.2, 0.25) is 0 Å². The summed E-state index contributed by atoms with van der Waals surface area (Å²) >= 11 is 0. The van der Waals surface area contributed by atoms with E-state index in [1.54, 1.807) is 0 Å². The van der Waals surface area contributed by atoms with E-state index in [2.05, 4.69) is 0 Å². The molecule has 0 aliphatic heterocycles. The van der Waals surface area contributed by atoms with Gasteiger partial charge in [-0.25, -0.2) is 0 Å². The fraction of sp³-hybridized carbons (Fsp3) is 0.462. The monoisotopic (exact) mass is 206 g/mol. The smallest absolute Gasteiger partial charge is 0.142 e. The first kappa shape index (κ1) is 11.9. The maximum atomic E-state index is 11.8. The normalized spacial score (nSPS) is 12.8. The molecule has 0 amide bonds. The van der Waals surface area contributed by atoms with Crippen molar-refractivity contribution in [2.24, 2.45) is 11.8 Å². The van der Waals surface area contributed by atoms with E-state index in [1.165, 1.54) is 0 Å². The standard InChI is InChI=1S/C13H18O2/c1-10(2)12(9-14)13(15)8-11-6-4-3-5-7-11/h3-7,10,12,14H,8-9H2,1-2H3. The molecule has 2 heteroatoms. The lowest BCUT2D eigenvalue weighted by Gasteiger charge is -2.16. The van der Waals surface area contributed by atoms with E-state index in [-0.39, 0.29) is 24.2 Å². The Bertz CT molecular complexity index is 304. The Morgan fingerprint density at radius 2 is 1.87 bits per heavy atom. The van der Waals surface area contributed by atoms with E-state index >= 15 is 0 Å². The lowest BCUT2D eigenvalue weighted by Crippen LogP contribution is -2.25. The van der Waals surface area contributed by atoms with Gasteiger partial charge in [0.05, 0.1) is 6.61 Å². The molecule has 1 aromatic carbocycles. The Kier molecular flexibility index (Phi) is 4.50. The van der Waals surface area contributed by atoms with E-state index in [0.717, 1.165) is 5.56 Å². The van der Waals surface area contributed by atoms with Gasteiger partial charge in [-0.3, -0.25) is 4.79 Å². The molecule has 0 bridgehead atoms. The number of ketones is 1. The van der Waals surface area contributed by atoms with Crippen LogP contribution in [0.15, 0.2) is 30.3 Å². The van der Waals surface area contributed by atoms with E-state index in [1.807, 2.05) is 44.2 Å². The number of carbonyl (C=O) groups excluding carboxylic acids is 1. The highest BCUT2D eigenvalue weighted by Crippen LogP contribution is 2.14. The Morgan fingerprint density at radius 1 is 1.27 bits per heavy atom. The largest absolute Gasteiger partial charge is 0.396 e. The fourth-order valence-electron chi connectivity index (χ4n) is 1.61. The highest BCUT2D eigenvalue weighted by atomic mass is 16.3. The van der Waals surface area contributed by atoms with Crippen LogP contribution in [0.5, 0.6) is 0 Å². The predicted molar refractivity (Wildman–Crippen MR) is 60.6 cm³/mol. The summed E-state index contributed by atoms with van der Waals surface area (Å²) in [6.45, 7) is 3.87. The van der Waals surface area contributed by atoms with Gasteiger partial charge in [0.1, 0.15) is 5.78 Å². The van der Waals surface area contributed by atoms with Crippen LogP contribution in [-0.2, 0) is 11.2 Å². The lowest BCUT2D eigenvalue weighted by molar-refractivity contribution is -0.124. The van der Waals surface area contributed by atoms with Gasteiger partial charge in [-0.05, 0) is 11.5 Å². The molecular formula is C13H18O2. The number of aliphatic hydroxyl groups is 1. The van der Waals surface area contributed by atoms with E-state index in [4.69, 9.17) is 5.11 Å². The van der Waals surface area contributed by atoms with Crippen LogP contribution in [0.1, 0.15) is 19.4 Å². The van der Waals surface area contributed by atoms with Crippen molar-refractivity contribution in [2.75, 3.05) is 6.61 Å². The molecule has 1 rings (SSSR count). The number of carbonyl (C=O) groups is 1. The summed E-state index contributed by atoms with van der Waals surface area (Å²) in [5.74, 6) is 0.0927. The zero-order chi connectivity index (χ0) is 11.3. The van der Waals surface area contributed by atoms with Crippen molar-refractivity contribution in [3.63, 3.8) is 0 Å². The number of benzene rings is 1. The molecule has 0 aliphatic rings. The van der Waals surface area contributed by atoms with Crippen molar-refractivity contribution >= 4 is 5.78 Å². The molecule has 0 saturated heterocycles. The highest BCUT2D eigenvalue weighted by Gasteiger charge is 2.20. The van der Waals surface area contributed by atoms with Crippen LogP contribution in [0.2, 0.25) is 0 Å². The van der Waals surface area contributed by atoms with Crippen LogP contribution < -0.4 is 0 Å². The summed E-state index contributed by atoms with van der Waals surface area (Å²) in [5, 5.41) is 9.12. The minimum Gasteiger partial charge on any atom is -0.396 e. The topological polar surface area (TPSA) is 37.3 Å². The van der Waals surface area contributed by atoms with Crippen LogP contribution in [-0.4, -0.2) is 17.5 Å². The highest BCUT2D eigenvalue weighted by molar-refractivity contribution is 5.83. The lowest BCUT2D eigenvalue weighted by atomic mass is 9.89. The maximum absolute atomic E-state index is 11.8. The van der Waals surface area contributed by atoms with Crippen LogP contribution >= 0.6 is 0 Å². The SMILES string of the molecule is CC(C)C(CO)C(=O)Cc1ccccc1. The molecule has 0 spiro atoms. The third-order valence-corrected chi connectivity index (χ3v) is 2.64. The maximum Gasteiger partial charge on any atom is 0.142 e. The minimum absolute atomic E-state index is 0.0522. The average Bonchev–Trinajstić information content (AvgIpc) is 2.19. The van der Waals surface area contributed by atoms with Gasteiger partial charge in [0.25, 0.3) is 0 Å². The van der Waals surface area contributed by atoms with Crippen molar-refractivity contribution in [3.8, 4) is 0 Å². The molecule has 15 heavy (non-hydrogen) atoms. The fourth-order valence-corrected chi connectivity index (χ4v) is 1.61. The Balaban J connectivity index is 2.62. The number of hydrogen-bond donors (Lipinski definition) is 1.